The number of allylic oxidation sites excluding steroid dienone is 2. The minimum absolute atomic E-state index is 0.160. The SMILES string of the molecule is COc1ccc([C@H]2C3=C(CCCC3=O)Nc3nc4ccccc4n32)cc1. The Morgan fingerprint density at radius 2 is 1.92 bits per heavy atom. The third kappa shape index (κ3) is 2.17. The molecule has 2 heterocycles. The van der Waals surface area contributed by atoms with Crippen LogP contribution in [0, 0.1) is 0 Å². The molecule has 0 radical (unpaired) electrons. The Morgan fingerprint density at radius 1 is 1.12 bits per heavy atom. The Kier molecular flexibility index (Phi) is 3.35. The van der Waals surface area contributed by atoms with Gasteiger partial charge in [-0.2, -0.15) is 0 Å². The maximum atomic E-state index is 12.8. The summed E-state index contributed by atoms with van der Waals surface area (Å²) in [6.07, 6.45) is 2.38. The average Bonchev–Trinajstić information content (AvgIpc) is 3.05. The largest absolute Gasteiger partial charge is 0.497 e. The highest BCUT2D eigenvalue weighted by Crippen LogP contribution is 2.42. The van der Waals surface area contributed by atoms with Gasteiger partial charge in [0.2, 0.25) is 5.95 Å². The van der Waals surface area contributed by atoms with Crippen LogP contribution in [-0.2, 0) is 4.79 Å². The zero-order valence-electron chi connectivity index (χ0n) is 14.5. The van der Waals surface area contributed by atoms with Crippen LogP contribution in [0.2, 0.25) is 0 Å². The molecular formula is C21H19N3O2. The second-order valence-electron chi connectivity index (χ2n) is 6.76. The zero-order chi connectivity index (χ0) is 17.7. The van der Waals surface area contributed by atoms with Gasteiger partial charge in [-0.25, -0.2) is 4.98 Å². The van der Waals surface area contributed by atoms with Crippen molar-refractivity contribution < 1.29 is 9.53 Å². The molecule has 0 spiro atoms. The predicted molar refractivity (Wildman–Crippen MR) is 100 cm³/mol. The molecule has 0 saturated carbocycles. The van der Waals surface area contributed by atoms with Gasteiger partial charge in [-0.3, -0.25) is 9.36 Å². The summed E-state index contributed by atoms with van der Waals surface area (Å²) in [6.45, 7) is 0. The van der Waals surface area contributed by atoms with E-state index < -0.39 is 0 Å². The van der Waals surface area contributed by atoms with E-state index in [1.165, 1.54) is 0 Å². The van der Waals surface area contributed by atoms with Gasteiger partial charge in [-0.05, 0) is 42.7 Å². The summed E-state index contributed by atoms with van der Waals surface area (Å²) in [7, 11) is 1.66. The number of carbonyl (C=O) groups is 1. The summed E-state index contributed by atoms with van der Waals surface area (Å²) in [4.78, 5) is 17.6. The lowest BCUT2D eigenvalue weighted by molar-refractivity contribution is -0.116. The van der Waals surface area contributed by atoms with E-state index in [1.54, 1.807) is 7.11 Å². The number of para-hydroxylation sites is 2. The van der Waals surface area contributed by atoms with Gasteiger partial charge in [-0.15, -0.1) is 0 Å². The van der Waals surface area contributed by atoms with Crippen molar-refractivity contribution in [2.45, 2.75) is 25.3 Å². The van der Waals surface area contributed by atoms with Crippen LogP contribution in [-0.4, -0.2) is 22.4 Å². The Morgan fingerprint density at radius 3 is 2.73 bits per heavy atom. The normalized spacial score (nSPS) is 19.1. The topological polar surface area (TPSA) is 56.1 Å². The van der Waals surface area contributed by atoms with Crippen molar-refractivity contribution in [3.63, 3.8) is 0 Å². The first-order valence-corrected chi connectivity index (χ1v) is 8.90. The van der Waals surface area contributed by atoms with Crippen LogP contribution in [0.3, 0.4) is 0 Å². The van der Waals surface area contributed by atoms with Crippen molar-refractivity contribution in [2.75, 3.05) is 12.4 Å². The second-order valence-corrected chi connectivity index (χ2v) is 6.76. The number of ketones is 1. The van der Waals surface area contributed by atoms with Crippen LogP contribution in [0.1, 0.15) is 30.9 Å². The molecule has 1 aromatic heterocycles. The number of rotatable bonds is 2. The Bertz CT molecular complexity index is 1050. The number of nitrogens with one attached hydrogen (secondary N) is 1. The van der Waals surface area contributed by atoms with E-state index in [1.807, 2.05) is 42.5 Å². The van der Waals surface area contributed by atoms with Crippen molar-refractivity contribution in [1.29, 1.82) is 0 Å². The van der Waals surface area contributed by atoms with Crippen LogP contribution in [0.4, 0.5) is 5.95 Å². The molecule has 26 heavy (non-hydrogen) atoms. The summed E-state index contributed by atoms with van der Waals surface area (Å²) in [6, 6.07) is 15.9. The molecule has 130 valence electrons. The van der Waals surface area contributed by atoms with E-state index in [4.69, 9.17) is 9.72 Å². The summed E-state index contributed by atoms with van der Waals surface area (Å²) < 4.78 is 7.45. The lowest BCUT2D eigenvalue weighted by Gasteiger charge is -2.33. The van der Waals surface area contributed by atoms with Gasteiger partial charge in [0.15, 0.2) is 5.78 Å². The highest BCUT2D eigenvalue weighted by Gasteiger charge is 2.36. The van der Waals surface area contributed by atoms with Crippen LogP contribution in [0.15, 0.2) is 59.8 Å². The van der Waals surface area contributed by atoms with Gasteiger partial charge >= 0.3 is 0 Å². The van der Waals surface area contributed by atoms with Gasteiger partial charge < -0.3 is 10.1 Å². The monoisotopic (exact) mass is 345 g/mol. The number of fused-ring (bicyclic) bond motifs is 3. The maximum absolute atomic E-state index is 12.8. The van der Waals surface area contributed by atoms with Crippen LogP contribution >= 0.6 is 0 Å². The molecule has 1 aliphatic heterocycles. The number of anilines is 1. The molecule has 1 N–H and O–H groups in total. The molecule has 2 aliphatic rings. The van der Waals surface area contributed by atoms with Gasteiger partial charge in [0.1, 0.15) is 5.75 Å². The molecule has 5 nitrogen and oxygen atoms in total. The minimum atomic E-state index is -0.160. The van der Waals surface area contributed by atoms with Crippen LogP contribution in [0.25, 0.3) is 11.0 Å². The highest BCUT2D eigenvalue weighted by atomic mass is 16.5. The molecule has 0 amide bonds. The number of Topliss-reactive ketones (excluding diaryl/α,β-unsaturated/α-hetero) is 1. The Labute approximate surface area is 151 Å². The number of hydrogen-bond acceptors (Lipinski definition) is 4. The van der Waals surface area contributed by atoms with Gasteiger partial charge in [0.25, 0.3) is 0 Å². The van der Waals surface area contributed by atoms with Gasteiger partial charge in [0.05, 0.1) is 24.2 Å². The fourth-order valence-corrected chi connectivity index (χ4v) is 4.07. The maximum Gasteiger partial charge on any atom is 0.209 e. The number of nitrogens with zero attached hydrogens (tertiary/aromatic N) is 2. The lowest BCUT2D eigenvalue weighted by Crippen LogP contribution is -2.30. The molecule has 3 aromatic rings. The van der Waals surface area contributed by atoms with E-state index in [-0.39, 0.29) is 11.8 Å². The van der Waals surface area contributed by atoms with Crippen molar-refractivity contribution in [3.8, 4) is 5.75 Å². The lowest BCUT2D eigenvalue weighted by atomic mass is 9.85. The van der Waals surface area contributed by atoms with Crippen molar-refractivity contribution in [3.05, 3.63) is 65.4 Å². The van der Waals surface area contributed by atoms with Crippen LogP contribution in [0.5, 0.6) is 5.75 Å². The Hall–Kier alpha value is -3.08. The quantitative estimate of drug-likeness (QED) is 0.761. The number of methoxy groups -OCH3 is 1. The molecular weight excluding hydrogens is 326 g/mol. The first-order valence-electron chi connectivity index (χ1n) is 8.90. The fourth-order valence-electron chi connectivity index (χ4n) is 4.07. The van der Waals surface area contributed by atoms with Crippen molar-refractivity contribution in [1.82, 2.24) is 9.55 Å². The molecule has 1 aliphatic carbocycles. The third-order valence-corrected chi connectivity index (χ3v) is 5.28. The molecule has 2 aromatic carbocycles. The summed E-state index contributed by atoms with van der Waals surface area (Å²) >= 11 is 0. The number of ether oxygens (including phenoxy) is 1. The zero-order valence-corrected chi connectivity index (χ0v) is 14.5. The van der Waals surface area contributed by atoms with E-state index in [0.29, 0.717) is 6.42 Å². The van der Waals surface area contributed by atoms with E-state index >= 15 is 0 Å². The summed E-state index contributed by atoms with van der Waals surface area (Å²) in [5, 5.41) is 3.43. The molecule has 5 rings (SSSR count). The van der Waals surface area contributed by atoms with E-state index in [0.717, 1.165) is 52.4 Å². The molecule has 0 fully saturated rings. The van der Waals surface area contributed by atoms with Gasteiger partial charge in [0, 0.05) is 17.7 Å². The van der Waals surface area contributed by atoms with E-state index in [9.17, 15) is 4.79 Å². The molecule has 5 heteroatoms. The molecule has 0 saturated heterocycles. The number of carbonyl (C=O) groups excluding carboxylic acids is 1. The number of aromatic nitrogens is 2. The van der Waals surface area contributed by atoms with Crippen molar-refractivity contribution in [2.24, 2.45) is 0 Å². The van der Waals surface area contributed by atoms with Gasteiger partial charge in [-0.1, -0.05) is 24.3 Å². The summed E-state index contributed by atoms with van der Waals surface area (Å²) in [5.74, 6) is 1.84. The molecule has 1 atom stereocenters. The average molecular weight is 345 g/mol. The smallest absolute Gasteiger partial charge is 0.209 e. The first kappa shape index (κ1) is 15.2. The third-order valence-electron chi connectivity index (χ3n) is 5.28. The predicted octanol–water partition coefficient (Wildman–Crippen LogP) is 4.07. The Balaban J connectivity index is 1.77. The fraction of sp³-hybridized carbons (Fsp3) is 0.238. The molecule has 0 bridgehead atoms. The number of hydrogen-bond donors (Lipinski definition) is 1. The van der Waals surface area contributed by atoms with Crippen LogP contribution < -0.4 is 10.1 Å². The van der Waals surface area contributed by atoms with E-state index in [2.05, 4.69) is 16.0 Å². The van der Waals surface area contributed by atoms with Crippen molar-refractivity contribution >= 4 is 22.8 Å². The minimum Gasteiger partial charge on any atom is -0.497 e. The molecule has 0 unspecified atom stereocenters. The number of benzene rings is 2. The summed E-state index contributed by atoms with van der Waals surface area (Å²) in [5.41, 5.74) is 4.92. The number of imidazole rings is 1. The highest BCUT2D eigenvalue weighted by molar-refractivity contribution is 6.00. The standard InChI is InChI=1S/C21H19N3O2/c1-26-14-11-9-13(10-12-14)20-19-16(6-4-8-18(19)25)23-21-22-15-5-2-3-7-17(15)24(20)21/h2-3,5,7,9-12,20H,4,6,8H2,1H3,(H,22,23)/t20-/m0/s1. The first-order chi connectivity index (χ1) is 12.8. The second kappa shape index (κ2) is 5.73.